The summed E-state index contributed by atoms with van der Waals surface area (Å²) >= 11 is 0. The van der Waals surface area contributed by atoms with E-state index in [1.807, 2.05) is 12.3 Å². The minimum absolute atomic E-state index is 0.170. The molecule has 0 aliphatic heterocycles. The van der Waals surface area contributed by atoms with E-state index in [2.05, 4.69) is 228 Å². The molecule has 4 heteroatoms. The summed E-state index contributed by atoms with van der Waals surface area (Å²) in [7, 11) is 0. The van der Waals surface area contributed by atoms with E-state index >= 15 is 0 Å². The van der Waals surface area contributed by atoms with Crippen molar-refractivity contribution in [3.63, 3.8) is 0 Å². The van der Waals surface area contributed by atoms with Gasteiger partial charge in [0.25, 0.3) is 0 Å². The van der Waals surface area contributed by atoms with Gasteiger partial charge >= 0.3 is 0 Å². The van der Waals surface area contributed by atoms with Crippen molar-refractivity contribution in [2.24, 2.45) is 0 Å². The second kappa shape index (κ2) is 16.3. The van der Waals surface area contributed by atoms with Crippen LogP contribution in [0.4, 0.5) is 17.2 Å². The molecule has 0 saturated carbocycles. The predicted molar refractivity (Wildman–Crippen MR) is 260 cm³/mol. The number of nitrogens with zero attached hydrogens (tertiary/aromatic N) is 3. The fraction of sp³-hybridized carbons (Fsp3) is 0.138. The molecule has 2 heterocycles. The maximum atomic E-state index is 12.4. The Hall–Kier alpha value is -7.30. The molecule has 0 fully saturated rings. The molecule has 0 aliphatic carbocycles. The molecule has 9 rings (SSSR count). The topological polar surface area (TPSA) is 49.2 Å². The number of para-hydroxylation sites is 1. The summed E-state index contributed by atoms with van der Waals surface area (Å²) in [6.45, 7) is 13.1. The van der Waals surface area contributed by atoms with E-state index in [1.54, 1.807) is 0 Å². The summed E-state index contributed by atoms with van der Waals surface area (Å²) < 4.78 is 0. The monoisotopic (exact) mass is 805 g/mol. The van der Waals surface area contributed by atoms with Gasteiger partial charge in [0.1, 0.15) is 11.6 Å². The first-order chi connectivity index (χ1) is 29.9. The first-order valence-corrected chi connectivity index (χ1v) is 21.4. The third-order valence-corrected chi connectivity index (χ3v) is 11.7. The molecular formula is C58H51N3O. The normalized spacial score (nSPS) is 11.8. The molecule has 0 amide bonds. The van der Waals surface area contributed by atoms with Crippen LogP contribution < -0.4 is 4.90 Å². The molecule has 62 heavy (non-hydrogen) atoms. The molecule has 304 valence electrons. The van der Waals surface area contributed by atoms with Gasteiger partial charge in [0.15, 0.2) is 0 Å². The van der Waals surface area contributed by atoms with Crippen LogP contribution in [0.15, 0.2) is 194 Å². The van der Waals surface area contributed by atoms with Crippen molar-refractivity contribution in [2.45, 2.75) is 52.4 Å². The average Bonchev–Trinajstić information content (AvgIpc) is 3.29. The molecule has 0 spiro atoms. The number of aromatic hydroxyl groups is 1. The van der Waals surface area contributed by atoms with E-state index in [1.165, 1.54) is 0 Å². The summed E-state index contributed by atoms with van der Waals surface area (Å²) in [5.74, 6) is 0.983. The Morgan fingerprint density at radius 3 is 1.74 bits per heavy atom. The van der Waals surface area contributed by atoms with Gasteiger partial charge in [-0.1, -0.05) is 181 Å². The summed E-state index contributed by atoms with van der Waals surface area (Å²) in [6.07, 6.45) is 1.90. The first kappa shape index (κ1) is 40.1. The van der Waals surface area contributed by atoms with E-state index in [-0.39, 0.29) is 16.6 Å². The molecule has 9 aromatic rings. The average molecular weight is 806 g/mol. The van der Waals surface area contributed by atoms with Crippen molar-refractivity contribution in [1.82, 2.24) is 9.97 Å². The third kappa shape index (κ3) is 8.00. The molecule has 0 unspecified atom stereocenters. The second-order valence-electron chi connectivity index (χ2n) is 18.1. The first-order valence-electron chi connectivity index (χ1n) is 21.4. The van der Waals surface area contributed by atoms with E-state index in [9.17, 15) is 5.11 Å². The lowest BCUT2D eigenvalue weighted by Crippen LogP contribution is -2.17. The van der Waals surface area contributed by atoms with Crippen LogP contribution >= 0.6 is 0 Å². The zero-order valence-corrected chi connectivity index (χ0v) is 36.3. The minimum Gasteiger partial charge on any atom is -0.507 e. The summed E-state index contributed by atoms with van der Waals surface area (Å²) in [5.41, 5.74) is 13.3. The third-order valence-electron chi connectivity index (χ3n) is 11.7. The number of phenols is 1. The SMILES string of the molecule is CC(C)(C)c1cc(-c2nc(N(c3cc(-c4ccccc4)cc(-c4cc(-c5ccccc5)ccn4)c3)c3ccccc3-c3ccccc3)cc3ccccc23)c(O)c(C(C)(C)C)c1. The second-order valence-corrected chi connectivity index (χ2v) is 18.1. The number of phenolic OH excluding ortho intramolecular Hbond substituents is 1. The van der Waals surface area contributed by atoms with Crippen molar-refractivity contribution in [1.29, 1.82) is 0 Å². The highest BCUT2D eigenvalue weighted by atomic mass is 16.3. The summed E-state index contributed by atoms with van der Waals surface area (Å²) in [6, 6.07) is 65.9. The summed E-state index contributed by atoms with van der Waals surface area (Å²) in [5, 5.41) is 14.3. The van der Waals surface area contributed by atoms with Gasteiger partial charge in [-0.25, -0.2) is 4.98 Å². The van der Waals surface area contributed by atoms with Crippen LogP contribution in [0.5, 0.6) is 5.75 Å². The molecule has 1 N–H and O–H groups in total. The number of rotatable bonds is 8. The van der Waals surface area contributed by atoms with Crippen molar-refractivity contribution >= 4 is 28.0 Å². The lowest BCUT2D eigenvalue weighted by atomic mass is 9.78. The van der Waals surface area contributed by atoms with Crippen molar-refractivity contribution < 1.29 is 5.11 Å². The number of fused-ring (bicyclic) bond motifs is 1. The smallest absolute Gasteiger partial charge is 0.138 e. The van der Waals surface area contributed by atoms with Crippen molar-refractivity contribution in [3.8, 4) is 61.6 Å². The van der Waals surface area contributed by atoms with Crippen LogP contribution in [0, 0.1) is 0 Å². The molecule has 0 radical (unpaired) electrons. The van der Waals surface area contributed by atoms with Gasteiger partial charge in [-0.2, -0.15) is 0 Å². The van der Waals surface area contributed by atoms with Gasteiger partial charge in [0.05, 0.1) is 17.1 Å². The maximum absolute atomic E-state index is 12.4. The van der Waals surface area contributed by atoms with Crippen LogP contribution in [-0.2, 0) is 10.8 Å². The van der Waals surface area contributed by atoms with Crippen LogP contribution in [0.3, 0.4) is 0 Å². The standard InChI is InChI=1S/C58H51N3O/c1-57(2,3)46-37-50(56(62)51(38-46)58(4,5)6)55-49-28-17-16-26-43(49)36-54(60-55)61(53-29-19-18-27-48(53)41-24-14-9-15-25-41)47-33-44(40-22-12-8-13-23-40)32-45(34-47)52-35-42(30-31-59-52)39-20-10-7-11-21-39/h7-38,62H,1-6H3. The van der Waals surface area contributed by atoms with Gasteiger partial charge in [-0.3, -0.25) is 9.88 Å². The fourth-order valence-corrected chi connectivity index (χ4v) is 8.33. The number of pyridine rings is 2. The lowest BCUT2D eigenvalue weighted by molar-refractivity contribution is 0.446. The largest absolute Gasteiger partial charge is 0.507 e. The van der Waals surface area contributed by atoms with E-state index in [4.69, 9.17) is 9.97 Å². The molecule has 2 aromatic heterocycles. The van der Waals surface area contributed by atoms with Gasteiger partial charge in [-0.05, 0) is 98.1 Å². The number of benzene rings is 7. The van der Waals surface area contributed by atoms with Gasteiger partial charge in [0.2, 0.25) is 0 Å². The Labute approximate surface area is 365 Å². The zero-order valence-electron chi connectivity index (χ0n) is 36.3. The number of hydrogen-bond acceptors (Lipinski definition) is 4. The molecule has 0 saturated heterocycles. The Kier molecular flexibility index (Phi) is 10.5. The Morgan fingerprint density at radius 2 is 1.06 bits per heavy atom. The van der Waals surface area contributed by atoms with E-state index in [0.29, 0.717) is 0 Å². The van der Waals surface area contributed by atoms with Gasteiger partial charge in [-0.15, -0.1) is 0 Å². The Morgan fingerprint density at radius 1 is 0.468 bits per heavy atom. The molecular weight excluding hydrogens is 755 g/mol. The number of aromatic nitrogens is 2. The maximum Gasteiger partial charge on any atom is 0.138 e. The molecule has 4 nitrogen and oxygen atoms in total. The van der Waals surface area contributed by atoms with Crippen LogP contribution in [-0.4, -0.2) is 15.1 Å². The quantitative estimate of drug-likeness (QED) is 0.166. The molecule has 0 atom stereocenters. The number of hydrogen-bond donors (Lipinski definition) is 1. The highest BCUT2D eigenvalue weighted by Crippen LogP contribution is 2.47. The van der Waals surface area contributed by atoms with Crippen molar-refractivity contribution in [2.75, 3.05) is 4.90 Å². The molecule has 0 bridgehead atoms. The molecule has 0 aliphatic rings. The lowest BCUT2D eigenvalue weighted by Gasteiger charge is -2.30. The molecule has 7 aromatic carbocycles. The van der Waals surface area contributed by atoms with Crippen molar-refractivity contribution in [3.05, 3.63) is 205 Å². The van der Waals surface area contributed by atoms with Crippen LogP contribution in [0.1, 0.15) is 52.7 Å². The highest BCUT2D eigenvalue weighted by molar-refractivity contribution is 6.00. The van der Waals surface area contributed by atoms with E-state index < -0.39 is 0 Å². The Balaban J connectivity index is 1.36. The van der Waals surface area contributed by atoms with Crippen LogP contribution in [0.2, 0.25) is 0 Å². The Bertz CT molecular complexity index is 3030. The van der Waals surface area contributed by atoms with Gasteiger partial charge in [0, 0.05) is 39.5 Å². The predicted octanol–water partition coefficient (Wildman–Crippen LogP) is 15.7. The van der Waals surface area contributed by atoms with Gasteiger partial charge < -0.3 is 5.11 Å². The number of anilines is 3. The zero-order chi connectivity index (χ0) is 43.0. The summed E-state index contributed by atoms with van der Waals surface area (Å²) in [4.78, 5) is 12.9. The minimum atomic E-state index is -0.311. The fourth-order valence-electron chi connectivity index (χ4n) is 8.33. The van der Waals surface area contributed by atoms with Crippen LogP contribution in [0.25, 0.3) is 66.7 Å². The highest BCUT2D eigenvalue weighted by Gasteiger charge is 2.28. The van der Waals surface area contributed by atoms with E-state index in [0.717, 1.165) is 95.0 Å².